The second-order valence-corrected chi connectivity index (χ2v) is 3.44. The standard InChI is InChI=1S/C8H16N2/c1-2-4-9(5-3-1)8-10-6-7-10/h1-8H2. The second kappa shape index (κ2) is 2.89. The minimum atomic E-state index is 1.25. The van der Waals surface area contributed by atoms with Crippen molar-refractivity contribution in [2.75, 3.05) is 32.8 Å². The van der Waals surface area contributed by atoms with Crippen LogP contribution in [0.1, 0.15) is 19.3 Å². The van der Waals surface area contributed by atoms with Crippen LogP contribution in [0.25, 0.3) is 0 Å². The van der Waals surface area contributed by atoms with E-state index in [2.05, 4.69) is 9.80 Å². The van der Waals surface area contributed by atoms with Gasteiger partial charge in [-0.15, -0.1) is 0 Å². The molecule has 0 unspecified atom stereocenters. The Morgan fingerprint density at radius 3 is 1.90 bits per heavy atom. The normalized spacial score (nSPS) is 28.8. The van der Waals surface area contributed by atoms with Gasteiger partial charge in [0.15, 0.2) is 0 Å². The fourth-order valence-electron chi connectivity index (χ4n) is 1.60. The number of rotatable bonds is 2. The number of piperidine rings is 1. The summed E-state index contributed by atoms with van der Waals surface area (Å²) < 4.78 is 0. The summed E-state index contributed by atoms with van der Waals surface area (Å²) in [6.45, 7) is 6.62. The van der Waals surface area contributed by atoms with E-state index in [1.807, 2.05) is 0 Å². The monoisotopic (exact) mass is 140 g/mol. The van der Waals surface area contributed by atoms with Gasteiger partial charge in [0, 0.05) is 13.1 Å². The summed E-state index contributed by atoms with van der Waals surface area (Å²) in [5.41, 5.74) is 0. The van der Waals surface area contributed by atoms with Gasteiger partial charge in [-0.2, -0.15) is 0 Å². The molecular formula is C8H16N2. The molecule has 2 aliphatic rings. The van der Waals surface area contributed by atoms with Gasteiger partial charge in [0.2, 0.25) is 0 Å². The van der Waals surface area contributed by atoms with Crippen molar-refractivity contribution in [2.45, 2.75) is 19.3 Å². The van der Waals surface area contributed by atoms with Crippen LogP contribution < -0.4 is 0 Å². The van der Waals surface area contributed by atoms with Crippen molar-refractivity contribution in [1.29, 1.82) is 0 Å². The first-order valence-corrected chi connectivity index (χ1v) is 4.40. The first kappa shape index (κ1) is 6.62. The Morgan fingerprint density at radius 2 is 1.30 bits per heavy atom. The molecule has 0 bridgehead atoms. The summed E-state index contributed by atoms with van der Waals surface area (Å²) in [5, 5.41) is 0. The average Bonchev–Trinajstić information content (AvgIpc) is 2.74. The molecule has 0 aliphatic carbocycles. The smallest absolute Gasteiger partial charge is 0.0507 e. The van der Waals surface area contributed by atoms with E-state index < -0.39 is 0 Å². The fraction of sp³-hybridized carbons (Fsp3) is 1.00. The molecule has 0 aromatic heterocycles. The Labute approximate surface area is 62.8 Å². The average molecular weight is 140 g/mol. The zero-order valence-corrected chi connectivity index (χ0v) is 6.55. The number of nitrogens with zero attached hydrogens (tertiary/aromatic N) is 2. The summed E-state index contributed by atoms with van der Waals surface area (Å²) in [6, 6.07) is 0. The van der Waals surface area contributed by atoms with E-state index in [0.29, 0.717) is 0 Å². The van der Waals surface area contributed by atoms with Crippen molar-refractivity contribution in [3.63, 3.8) is 0 Å². The molecule has 0 aromatic rings. The van der Waals surface area contributed by atoms with Crippen molar-refractivity contribution < 1.29 is 0 Å². The maximum atomic E-state index is 2.58. The van der Waals surface area contributed by atoms with Gasteiger partial charge >= 0.3 is 0 Å². The van der Waals surface area contributed by atoms with Crippen LogP contribution in [-0.2, 0) is 0 Å². The molecule has 10 heavy (non-hydrogen) atoms. The highest BCUT2D eigenvalue weighted by Crippen LogP contribution is 2.11. The van der Waals surface area contributed by atoms with E-state index in [-0.39, 0.29) is 0 Å². The van der Waals surface area contributed by atoms with Crippen LogP contribution in [-0.4, -0.2) is 42.6 Å². The Bertz CT molecular complexity index is 104. The Morgan fingerprint density at radius 1 is 0.700 bits per heavy atom. The molecule has 2 fully saturated rings. The van der Waals surface area contributed by atoms with Gasteiger partial charge in [-0.05, 0) is 25.9 Å². The third-order valence-corrected chi connectivity index (χ3v) is 2.39. The quantitative estimate of drug-likeness (QED) is 0.522. The van der Waals surface area contributed by atoms with Crippen LogP contribution in [0.2, 0.25) is 0 Å². The molecule has 0 radical (unpaired) electrons. The number of hydrogen-bond acceptors (Lipinski definition) is 2. The molecular weight excluding hydrogens is 124 g/mol. The zero-order chi connectivity index (χ0) is 6.81. The zero-order valence-electron chi connectivity index (χ0n) is 6.55. The highest BCUT2D eigenvalue weighted by Gasteiger charge is 2.20. The first-order valence-electron chi connectivity index (χ1n) is 4.40. The molecule has 0 atom stereocenters. The third-order valence-electron chi connectivity index (χ3n) is 2.39. The van der Waals surface area contributed by atoms with Gasteiger partial charge in [0.1, 0.15) is 0 Å². The minimum Gasteiger partial charge on any atom is -0.290 e. The number of hydrogen-bond donors (Lipinski definition) is 0. The lowest BCUT2D eigenvalue weighted by molar-refractivity contribution is 0.181. The lowest BCUT2D eigenvalue weighted by atomic mass is 10.1. The van der Waals surface area contributed by atoms with Gasteiger partial charge in [-0.1, -0.05) is 6.42 Å². The van der Waals surface area contributed by atoms with Gasteiger partial charge in [0.05, 0.1) is 6.67 Å². The molecule has 0 saturated carbocycles. The number of likely N-dealkylation sites (tertiary alicyclic amines) is 1. The fourth-order valence-corrected chi connectivity index (χ4v) is 1.60. The summed E-state index contributed by atoms with van der Waals surface area (Å²) in [7, 11) is 0. The van der Waals surface area contributed by atoms with Crippen LogP contribution >= 0.6 is 0 Å². The topological polar surface area (TPSA) is 6.25 Å². The van der Waals surface area contributed by atoms with E-state index in [0.717, 1.165) is 0 Å². The van der Waals surface area contributed by atoms with Gasteiger partial charge in [-0.25, -0.2) is 0 Å². The molecule has 0 aromatic carbocycles. The molecule has 2 rings (SSSR count). The van der Waals surface area contributed by atoms with E-state index in [1.54, 1.807) is 0 Å². The summed E-state index contributed by atoms with van der Waals surface area (Å²) >= 11 is 0. The molecule has 2 nitrogen and oxygen atoms in total. The van der Waals surface area contributed by atoms with E-state index >= 15 is 0 Å². The molecule has 0 amide bonds. The Balaban J connectivity index is 1.69. The van der Waals surface area contributed by atoms with Crippen molar-refractivity contribution in [3.05, 3.63) is 0 Å². The third kappa shape index (κ3) is 1.70. The maximum absolute atomic E-state index is 2.58. The predicted octanol–water partition coefficient (Wildman–Crippen LogP) is 0.745. The van der Waals surface area contributed by atoms with Crippen LogP contribution in [0.5, 0.6) is 0 Å². The molecule has 0 N–H and O–H groups in total. The van der Waals surface area contributed by atoms with Crippen LogP contribution in [0.3, 0.4) is 0 Å². The van der Waals surface area contributed by atoms with Crippen molar-refractivity contribution >= 4 is 0 Å². The van der Waals surface area contributed by atoms with Gasteiger partial charge in [-0.3, -0.25) is 9.80 Å². The van der Waals surface area contributed by atoms with Gasteiger partial charge < -0.3 is 0 Å². The van der Waals surface area contributed by atoms with Gasteiger partial charge in [0.25, 0.3) is 0 Å². The van der Waals surface area contributed by atoms with Crippen molar-refractivity contribution in [2.24, 2.45) is 0 Å². The summed E-state index contributed by atoms with van der Waals surface area (Å²) in [6.07, 6.45) is 4.30. The van der Waals surface area contributed by atoms with E-state index in [1.165, 1.54) is 52.1 Å². The Hall–Kier alpha value is -0.0800. The van der Waals surface area contributed by atoms with Crippen molar-refractivity contribution in [1.82, 2.24) is 9.80 Å². The molecule has 2 heterocycles. The second-order valence-electron chi connectivity index (χ2n) is 3.44. The highest BCUT2D eigenvalue weighted by molar-refractivity contribution is 4.74. The summed E-state index contributed by atoms with van der Waals surface area (Å²) in [5.74, 6) is 0. The molecule has 2 aliphatic heterocycles. The lowest BCUT2D eigenvalue weighted by Crippen LogP contribution is -2.33. The largest absolute Gasteiger partial charge is 0.290 e. The van der Waals surface area contributed by atoms with Crippen molar-refractivity contribution in [3.8, 4) is 0 Å². The van der Waals surface area contributed by atoms with Crippen LogP contribution in [0.15, 0.2) is 0 Å². The first-order chi connectivity index (χ1) is 4.95. The minimum absolute atomic E-state index is 1.25. The molecule has 58 valence electrons. The van der Waals surface area contributed by atoms with E-state index in [4.69, 9.17) is 0 Å². The molecule has 2 heteroatoms. The van der Waals surface area contributed by atoms with Crippen LogP contribution in [0, 0.1) is 0 Å². The molecule has 0 spiro atoms. The molecule has 2 saturated heterocycles. The SMILES string of the molecule is C1CCN(CN2CC2)CC1. The lowest BCUT2D eigenvalue weighted by Gasteiger charge is -2.26. The van der Waals surface area contributed by atoms with Crippen LogP contribution in [0.4, 0.5) is 0 Å². The maximum Gasteiger partial charge on any atom is 0.0507 e. The summed E-state index contributed by atoms with van der Waals surface area (Å²) in [4.78, 5) is 5.07. The van der Waals surface area contributed by atoms with E-state index in [9.17, 15) is 0 Å². The highest BCUT2D eigenvalue weighted by atomic mass is 15.4. The predicted molar refractivity (Wildman–Crippen MR) is 41.9 cm³/mol. The Kier molecular flexibility index (Phi) is 1.91.